The van der Waals surface area contributed by atoms with Gasteiger partial charge in [0, 0.05) is 17.8 Å². The summed E-state index contributed by atoms with van der Waals surface area (Å²) in [7, 11) is 0. The van der Waals surface area contributed by atoms with Gasteiger partial charge in [-0.05, 0) is 89.6 Å². The minimum Gasteiger partial charge on any atom is -0.363 e. The molecule has 5 atom stereocenters. The third-order valence-corrected chi connectivity index (χ3v) is 9.05. The number of aromatic amines is 1. The summed E-state index contributed by atoms with van der Waals surface area (Å²) in [5.41, 5.74) is 3.71. The van der Waals surface area contributed by atoms with E-state index in [0.717, 1.165) is 43.5 Å². The van der Waals surface area contributed by atoms with Gasteiger partial charge in [0.1, 0.15) is 12.2 Å². The van der Waals surface area contributed by atoms with Crippen molar-refractivity contribution in [2.45, 2.75) is 115 Å². The highest BCUT2D eigenvalue weighted by molar-refractivity contribution is 6.03. The van der Waals surface area contributed by atoms with Crippen LogP contribution in [0, 0.1) is 5.41 Å². The quantitative estimate of drug-likeness (QED) is 0.443. The number of aliphatic imine (C=N–C) groups is 1. The number of carbonyl (C=O) groups is 1. The van der Waals surface area contributed by atoms with E-state index in [1.54, 1.807) is 6.20 Å². The zero-order valence-corrected chi connectivity index (χ0v) is 24.5. The summed E-state index contributed by atoms with van der Waals surface area (Å²) in [5, 5.41) is 3.07. The summed E-state index contributed by atoms with van der Waals surface area (Å²) >= 11 is 0. The monoisotopic (exact) mass is 547 g/mol. The molecule has 2 bridgehead atoms. The molecule has 6 rings (SSSR count). The number of anilines is 1. The molecule has 3 saturated heterocycles. The smallest absolute Gasteiger partial charge is 0.291 e. The molecule has 1 amide bonds. The van der Waals surface area contributed by atoms with Gasteiger partial charge in [0.05, 0.1) is 34.8 Å². The number of fused-ring (bicyclic) bond motifs is 5. The Morgan fingerprint density at radius 1 is 1.10 bits per heavy atom. The van der Waals surface area contributed by atoms with Crippen LogP contribution in [0.25, 0.3) is 5.57 Å². The van der Waals surface area contributed by atoms with Crippen molar-refractivity contribution < 1.29 is 19.0 Å². The van der Waals surface area contributed by atoms with Gasteiger partial charge in [-0.1, -0.05) is 19.9 Å². The third-order valence-electron chi connectivity index (χ3n) is 9.05. The summed E-state index contributed by atoms with van der Waals surface area (Å²) in [4.78, 5) is 29.6. The molecular weight excluding hydrogens is 506 g/mol. The first kappa shape index (κ1) is 27.3. The lowest BCUT2D eigenvalue weighted by molar-refractivity contribution is -0.242. The zero-order chi connectivity index (χ0) is 28.5. The van der Waals surface area contributed by atoms with Crippen LogP contribution in [0.4, 0.5) is 5.69 Å². The Morgan fingerprint density at radius 3 is 2.42 bits per heavy atom. The average molecular weight is 548 g/mol. The number of nitrogens with one attached hydrogen (secondary N) is 2. The Kier molecular flexibility index (Phi) is 6.36. The fraction of sp³-hybridized carbons (Fsp3) is 0.613. The molecule has 5 heterocycles. The summed E-state index contributed by atoms with van der Waals surface area (Å²) in [5.74, 6) is -0.508. The molecule has 2 N–H and O–H groups in total. The maximum Gasteiger partial charge on any atom is 0.291 e. The van der Waals surface area contributed by atoms with Crippen molar-refractivity contribution in [1.82, 2.24) is 15.0 Å². The van der Waals surface area contributed by atoms with Gasteiger partial charge in [-0.2, -0.15) is 0 Å². The third kappa shape index (κ3) is 4.82. The van der Waals surface area contributed by atoms with Gasteiger partial charge in [0.25, 0.3) is 5.91 Å². The highest BCUT2D eigenvalue weighted by Crippen LogP contribution is 2.58. The lowest BCUT2D eigenvalue weighted by atomic mass is 9.77. The number of hydrogen-bond acceptors (Lipinski definition) is 7. The van der Waals surface area contributed by atoms with Crippen LogP contribution in [0.3, 0.4) is 0 Å². The molecule has 0 saturated carbocycles. The Bertz CT molecular complexity index is 1350. The van der Waals surface area contributed by atoms with Crippen molar-refractivity contribution in [2.75, 3.05) is 5.32 Å². The molecule has 3 aliphatic heterocycles. The first-order chi connectivity index (χ1) is 18.8. The molecule has 2 aromatic heterocycles. The predicted octanol–water partition coefficient (Wildman–Crippen LogP) is 5.80. The van der Waals surface area contributed by atoms with Crippen molar-refractivity contribution in [3.8, 4) is 0 Å². The van der Waals surface area contributed by atoms with Crippen molar-refractivity contribution in [2.24, 2.45) is 10.4 Å². The number of nitrogens with zero attached hydrogens (tertiary/aromatic N) is 3. The number of H-pyrrole nitrogens is 1. The van der Waals surface area contributed by atoms with E-state index in [9.17, 15) is 4.79 Å². The van der Waals surface area contributed by atoms with Gasteiger partial charge in [0.2, 0.25) is 0 Å². The van der Waals surface area contributed by atoms with Crippen molar-refractivity contribution >= 4 is 23.9 Å². The minimum absolute atomic E-state index is 0.117. The Labute approximate surface area is 236 Å². The molecule has 4 aliphatic rings. The first-order valence-corrected chi connectivity index (χ1v) is 14.3. The number of hydrogen-bond donors (Lipinski definition) is 2. The molecule has 9 heteroatoms. The van der Waals surface area contributed by atoms with Crippen LogP contribution in [0.1, 0.15) is 107 Å². The van der Waals surface area contributed by atoms with Gasteiger partial charge in [0.15, 0.2) is 11.6 Å². The molecule has 40 heavy (non-hydrogen) atoms. The van der Waals surface area contributed by atoms with Crippen molar-refractivity contribution in [3.05, 3.63) is 47.3 Å². The second-order valence-corrected chi connectivity index (χ2v) is 13.6. The molecular formula is C31H41N5O4. The van der Waals surface area contributed by atoms with Crippen LogP contribution in [-0.4, -0.2) is 56.8 Å². The second kappa shape index (κ2) is 9.33. The van der Waals surface area contributed by atoms with E-state index >= 15 is 0 Å². The Balaban J connectivity index is 1.32. The molecule has 3 fully saturated rings. The number of allylic oxidation sites excluding steroid dienone is 2. The zero-order valence-electron chi connectivity index (χ0n) is 24.5. The number of pyridine rings is 1. The van der Waals surface area contributed by atoms with Crippen LogP contribution in [-0.2, 0) is 20.8 Å². The normalized spacial score (nSPS) is 33.8. The minimum atomic E-state index is -0.613. The first-order valence-electron chi connectivity index (χ1n) is 14.3. The predicted molar refractivity (Wildman–Crippen MR) is 153 cm³/mol. The highest BCUT2D eigenvalue weighted by Gasteiger charge is 2.68. The van der Waals surface area contributed by atoms with Crippen LogP contribution in [0.5, 0.6) is 0 Å². The fourth-order valence-corrected chi connectivity index (χ4v) is 7.07. The lowest BCUT2D eigenvalue weighted by Gasteiger charge is -2.43. The number of rotatable bonds is 6. The number of carbonyl (C=O) groups excluding carboxylic acids is 1. The number of amides is 1. The van der Waals surface area contributed by atoms with E-state index in [-0.39, 0.29) is 35.3 Å². The van der Waals surface area contributed by atoms with E-state index in [4.69, 9.17) is 19.2 Å². The van der Waals surface area contributed by atoms with Crippen LogP contribution in [0.2, 0.25) is 0 Å². The van der Waals surface area contributed by atoms with Gasteiger partial charge in [-0.25, -0.2) is 4.98 Å². The van der Waals surface area contributed by atoms with Gasteiger partial charge >= 0.3 is 0 Å². The molecule has 214 valence electrons. The van der Waals surface area contributed by atoms with Crippen molar-refractivity contribution in [1.29, 1.82) is 0 Å². The molecule has 0 spiro atoms. The molecule has 0 aromatic carbocycles. The van der Waals surface area contributed by atoms with Gasteiger partial charge < -0.3 is 24.5 Å². The maximum absolute atomic E-state index is 13.2. The number of aromatic nitrogens is 3. The summed E-state index contributed by atoms with van der Waals surface area (Å²) < 4.78 is 19.3. The van der Waals surface area contributed by atoms with E-state index in [0.29, 0.717) is 17.9 Å². The molecule has 2 aromatic rings. The number of imidazole rings is 1. The molecule has 1 aliphatic carbocycles. The average Bonchev–Trinajstić information content (AvgIpc) is 3.52. The van der Waals surface area contributed by atoms with Crippen LogP contribution < -0.4 is 5.32 Å². The van der Waals surface area contributed by atoms with E-state index in [2.05, 4.69) is 60.8 Å². The van der Waals surface area contributed by atoms with Crippen LogP contribution >= 0.6 is 0 Å². The fourth-order valence-electron chi connectivity index (χ4n) is 7.07. The van der Waals surface area contributed by atoms with E-state index in [1.165, 1.54) is 5.57 Å². The van der Waals surface area contributed by atoms with Crippen LogP contribution in [0.15, 0.2) is 29.4 Å². The second-order valence-electron chi connectivity index (χ2n) is 13.6. The Morgan fingerprint density at radius 2 is 1.80 bits per heavy atom. The highest BCUT2D eigenvalue weighted by atomic mass is 16.8. The summed E-state index contributed by atoms with van der Waals surface area (Å²) in [6.45, 7) is 16.7. The van der Waals surface area contributed by atoms with Gasteiger partial charge in [-0.3, -0.25) is 14.8 Å². The lowest BCUT2D eigenvalue weighted by Crippen LogP contribution is -2.46. The largest absolute Gasteiger partial charge is 0.363 e. The van der Waals surface area contributed by atoms with Gasteiger partial charge in [-0.15, -0.1) is 0 Å². The van der Waals surface area contributed by atoms with E-state index in [1.807, 2.05) is 26.0 Å². The standard InChI is InChI=1S/C31H41N5O4/c1-28(2)12-10-18(11-13-28)23-22(36-27(37)26-33-17-20(34-26)16-32-7)9-8-21(35-23)19-14-30(5)24-25(31(6,15-19)40-30)39-29(3,4)38-24/h8-10,17,19,24-25H,7,11-16H2,1-6H3,(H,33,34)(H,36,37)/t19-,24-,25+,30+,31-. The SMILES string of the molecule is C=NCc1c[nH]c(C(=O)Nc2ccc([C@H]3C[C@@]4(C)O[C@@](C)(C3)[C@@H]3OC(C)(C)O[C@@H]34)nc2C2=CCC(C)(C)CC2)n1. The topological polar surface area (TPSA) is 111 Å². The molecule has 9 nitrogen and oxygen atoms in total. The maximum atomic E-state index is 13.2. The molecule has 0 unspecified atom stereocenters. The summed E-state index contributed by atoms with van der Waals surface area (Å²) in [6.07, 6.45) is 8.26. The molecule has 0 radical (unpaired) electrons. The number of ether oxygens (including phenoxy) is 3. The Hall–Kier alpha value is -2.88. The summed E-state index contributed by atoms with van der Waals surface area (Å²) in [6, 6.07) is 4.04. The van der Waals surface area contributed by atoms with E-state index < -0.39 is 17.0 Å². The van der Waals surface area contributed by atoms with Crippen molar-refractivity contribution in [3.63, 3.8) is 0 Å².